The Morgan fingerprint density at radius 1 is 1.06 bits per heavy atom. The van der Waals surface area contributed by atoms with Gasteiger partial charge in [0.1, 0.15) is 17.3 Å². The molecule has 3 aromatic carbocycles. The van der Waals surface area contributed by atoms with Crippen molar-refractivity contribution in [3.8, 4) is 5.75 Å². The summed E-state index contributed by atoms with van der Waals surface area (Å²) in [6, 6.07) is 15.7. The normalized spacial score (nSPS) is 17.4. The molecule has 1 N–H and O–H groups in total. The first-order valence-electron chi connectivity index (χ1n) is 10.9. The van der Waals surface area contributed by atoms with E-state index < -0.39 is 23.5 Å². The van der Waals surface area contributed by atoms with Crippen LogP contribution in [0.2, 0.25) is 0 Å². The molecule has 1 unspecified atom stereocenters. The van der Waals surface area contributed by atoms with Gasteiger partial charge in [0.15, 0.2) is 5.13 Å². The number of ketones is 1. The van der Waals surface area contributed by atoms with Crippen LogP contribution in [0.1, 0.15) is 28.3 Å². The number of hydrogen-bond acceptors (Lipinski definition) is 6. The van der Waals surface area contributed by atoms with Gasteiger partial charge in [0.25, 0.3) is 5.78 Å². The summed E-state index contributed by atoms with van der Waals surface area (Å²) in [4.78, 5) is 32.5. The molecule has 2 heterocycles. The molecule has 1 atom stereocenters. The van der Waals surface area contributed by atoms with E-state index in [2.05, 4.69) is 4.98 Å². The van der Waals surface area contributed by atoms with Gasteiger partial charge in [0.2, 0.25) is 0 Å². The highest BCUT2D eigenvalue weighted by molar-refractivity contribution is 7.22. The monoisotopic (exact) mass is 488 g/mol. The van der Waals surface area contributed by atoms with Gasteiger partial charge in [-0.25, -0.2) is 9.37 Å². The number of Topliss-reactive ketones (excluding diaryl/α,β-unsaturated/α-hetero) is 1. The largest absolute Gasteiger partial charge is 0.507 e. The van der Waals surface area contributed by atoms with Crippen LogP contribution in [-0.2, 0) is 9.59 Å². The van der Waals surface area contributed by atoms with E-state index in [0.29, 0.717) is 27.1 Å². The number of nitrogens with zero attached hydrogens (tertiary/aromatic N) is 2. The van der Waals surface area contributed by atoms with Crippen LogP contribution in [0.15, 0.2) is 66.2 Å². The third-order valence-electron chi connectivity index (χ3n) is 6.07. The minimum atomic E-state index is -0.925. The number of amides is 1. The maximum absolute atomic E-state index is 13.8. The van der Waals surface area contributed by atoms with Crippen LogP contribution in [0, 0.1) is 19.7 Å². The van der Waals surface area contributed by atoms with Gasteiger partial charge in [0, 0.05) is 5.56 Å². The number of halogens is 1. The van der Waals surface area contributed by atoms with Gasteiger partial charge < -0.3 is 9.84 Å². The number of carbonyl (C=O) groups is 2. The molecule has 1 aromatic heterocycles. The standard InChI is InChI=1S/C27H21FN2O4S/c1-14-4-5-15(2)19(12-14)24(31)22-23(16-6-9-18(34-3)10-7-16)30(26(33)25(22)32)27-29-20-11-8-17(28)13-21(20)35-27/h4-13,23,31H,1-3H3. The lowest BCUT2D eigenvalue weighted by molar-refractivity contribution is -0.132. The molecule has 1 amide bonds. The van der Waals surface area contributed by atoms with Gasteiger partial charge in [-0.2, -0.15) is 0 Å². The summed E-state index contributed by atoms with van der Waals surface area (Å²) in [5.41, 5.74) is 3.23. The Balaban J connectivity index is 1.75. The number of aryl methyl sites for hydroxylation is 2. The molecule has 0 radical (unpaired) electrons. The number of anilines is 1. The van der Waals surface area contributed by atoms with Crippen LogP contribution in [0.3, 0.4) is 0 Å². The summed E-state index contributed by atoms with van der Waals surface area (Å²) in [5, 5.41) is 11.6. The highest BCUT2D eigenvalue weighted by atomic mass is 32.1. The molecule has 176 valence electrons. The number of fused-ring (bicyclic) bond motifs is 1. The zero-order valence-electron chi connectivity index (χ0n) is 19.2. The number of carbonyl (C=O) groups excluding carboxylic acids is 2. The summed E-state index contributed by atoms with van der Waals surface area (Å²) in [7, 11) is 1.54. The third kappa shape index (κ3) is 3.85. The Morgan fingerprint density at radius 2 is 1.80 bits per heavy atom. The Bertz CT molecular complexity index is 1520. The SMILES string of the molecule is COc1ccc(C2C(=C(O)c3cc(C)ccc3C)C(=O)C(=O)N2c2nc3ccc(F)cc3s2)cc1. The second-order valence-corrected chi connectivity index (χ2v) is 9.38. The summed E-state index contributed by atoms with van der Waals surface area (Å²) >= 11 is 1.11. The van der Waals surface area contributed by atoms with E-state index in [1.165, 1.54) is 23.1 Å². The molecule has 1 fully saturated rings. The Kier molecular flexibility index (Phi) is 5.61. The average Bonchev–Trinajstić information content (AvgIpc) is 3.38. The lowest BCUT2D eigenvalue weighted by Crippen LogP contribution is -2.29. The smallest absolute Gasteiger partial charge is 0.301 e. The number of aliphatic hydroxyl groups is 1. The number of methoxy groups -OCH3 is 1. The number of rotatable bonds is 4. The molecule has 0 bridgehead atoms. The van der Waals surface area contributed by atoms with E-state index in [9.17, 15) is 19.1 Å². The van der Waals surface area contributed by atoms with Crippen LogP contribution in [-0.4, -0.2) is 28.9 Å². The highest BCUT2D eigenvalue weighted by Gasteiger charge is 2.48. The van der Waals surface area contributed by atoms with Gasteiger partial charge in [-0.15, -0.1) is 0 Å². The summed E-state index contributed by atoms with van der Waals surface area (Å²) in [6.07, 6.45) is 0. The van der Waals surface area contributed by atoms with Crippen molar-refractivity contribution in [1.82, 2.24) is 4.98 Å². The van der Waals surface area contributed by atoms with Gasteiger partial charge in [0.05, 0.1) is 28.9 Å². The maximum Gasteiger partial charge on any atom is 0.301 e. The molecular formula is C27H21FN2O4S. The van der Waals surface area contributed by atoms with Crippen LogP contribution in [0.25, 0.3) is 16.0 Å². The van der Waals surface area contributed by atoms with E-state index in [4.69, 9.17) is 4.74 Å². The predicted octanol–water partition coefficient (Wildman–Crippen LogP) is 5.69. The average molecular weight is 489 g/mol. The van der Waals surface area contributed by atoms with Crippen molar-refractivity contribution >= 4 is 44.1 Å². The summed E-state index contributed by atoms with van der Waals surface area (Å²) < 4.78 is 19.6. The van der Waals surface area contributed by atoms with E-state index in [-0.39, 0.29) is 16.5 Å². The first kappa shape index (κ1) is 22.7. The van der Waals surface area contributed by atoms with Crippen LogP contribution >= 0.6 is 11.3 Å². The van der Waals surface area contributed by atoms with Gasteiger partial charge >= 0.3 is 5.91 Å². The molecule has 6 nitrogen and oxygen atoms in total. The van der Waals surface area contributed by atoms with Crippen molar-refractivity contribution in [2.24, 2.45) is 0 Å². The maximum atomic E-state index is 13.8. The van der Waals surface area contributed by atoms with Crippen LogP contribution < -0.4 is 9.64 Å². The first-order chi connectivity index (χ1) is 16.8. The minimum absolute atomic E-state index is 0.0284. The zero-order chi connectivity index (χ0) is 24.9. The molecule has 0 saturated carbocycles. The molecule has 4 aromatic rings. The third-order valence-corrected chi connectivity index (χ3v) is 7.09. The predicted molar refractivity (Wildman–Crippen MR) is 133 cm³/mol. The summed E-state index contributed by atoms with van der Waals surface area (Å²) in [5.74, 6) is -1.68. The van der Waals surface area contributed by atoms with Gasteiger partial charge in [-0.1, -0.05) is 41.2 Å². The molecule has 1 aliphatic heterocycles. The van der Waals surface area contributed by atoms with Crippen molar-refractivity contribution in [2.45, 2.75) is 19.9 Å². The minimum Gasteiger partial charge on any atom is -0.507 e. The van der Waals surface area contributed by atoms with Crippen molar-refractivity contribution in [3.05, 3.63) is 94.3 Å². The lowest BCUT2D eigenvalue weighted by Gasteiger charge is -2.23. The lowest BCUT2D eigenvalue weighted by atomic mass is 9.93. The van der Waals surface area contributed by atoms with Crippen LogP contribution in [0.5, 0.6) is 5.75 Å². The number of ether oxygens (including phenoxy) is 1. The molecule has 35 heavy (non-hydrogen) atoms. The van der Waals surface area contributed by atoms with Gasteiger partial charge in [-0.3, -0.25) is 14.5 Å². The van der Waals surface area contributed by atoms with Gasteiger partial charge in [-0.05, 0) is 61.4 Å². The number of aliphatic hydroxyl groups excluding tert-OH is 1. The number of aromatic nitrogens is 1. The molecule has 1 aliphatic rings. The second-order valence-electron chi connectivity index (χ2n) is 8.37. The topological polar surface area (TPSA) is 79.7 Å². The molecule has 1 saturated heterocycles. The molecule has 0 spiro atoms. The van der Waals surface area contributed by atoms with Crippen molar-refractivity contribution < 1.29 is 23.8 Å². The second kappa shape index (κ2) is 8.63. The number of hydrogen-bond donors (Lipinski definition) is 1. The van der Waals surface area contributed by atoms with Crippen molar-refractivity contribution in [3.63, 3.8) is 0 Å². The Hall–Kier alpha value is -4.04. The fraction of sp³-hybridized carbons (Fsp3) is 0.148. The molecule has 8 heteroatoms. The summed E-state index contributed by atoms with van der Waals surface area (Å²) in [6.45, 7) is 3.71. The quantitative estimate of drug-likeness (QED) is 0.227. The zero-order valence-corrected chi connectivity index (χ0v) is 20.0. The number of thiazole rings is 1. The van der Waals surface area contributed by atoms with E-state index >= 15 is 0 Å². The molecule has 0 aliphatic carbocycles. The Labute approximate surface area is 204 Å². The number of benzene rings is 3. The fourth-order valence-corrected chi connectivity index (χ4v) is 5.27. The highest BCUT2D eigenvalue weighted by Crippen LogP contribution is 2.44. The fourth-order valence-electron chi connectivity index (χ4n) is 4.26. The van der Waals surface area contributed by atoms with Crippen molar-refractivity contribution in [1.29, 1.82) is 0 Å². The van der Waals surface area contributed by atoms with E-state index in [1.807, 2.05) is 26.0 Å². The van der Waals surface area contributed by atoms with Crippen molar-refractivity contribution in [2.75, 3.05) is 12.0 Å². The first-order valence-corrected chi connectivity index (χ1v) is 11.7. The van der Waals surface area contributed by atoms with E-state index in [0.717, 1.165) is 22.5 Å². The molecule has 5 rings (SSSR count). The molecular weight excluding hydrogens is 467 g/mol. The Morgan fingerprint density at radius 3 is 2.51 bits per heavy atom. The van der Waals surface area contributed by atoms with E-state index in [1.54, 1.807) is 37.4 Å². The van der Waals surface area contributed by atoms with Crippen LogP contribution in [0.4, 0.5) is 9.52 Å².